The fraction of sp³-hybridized carbons (Fsp3) is 0.455. The Morgan fingerprint density at radius 1 is 1.47 bits per heavy atom. The van der Waals surface area contributed by atoms with Crippen LogP contribution in [0.5, 0.6) is 0 Å². The Bertz CT molecular complexity index is 349. The number of rotatable bonds is 4. The summed E-state index contributed by atoms with van der Waals surface area (Å²) in [5.74, 6) is 0.651. The predicted molar refractivity (Wildman–Crippen MR) is 65.4 cm³/mol. The van der Waals surface area contributed by atoms with Gasteiger partial charge in [0.1, 0.15) is 11.5 Å². The Labute approximate surface area is 95.0 Å². The Kier molecular flexibility index (Phi) is 4.15. The largest absolute Gasteiger partial charge is 0.382 e. The first-order valence-corrected chi connectivity index (χ1v) is 5.85. The number of amidine groups is 1. The molecule has 1 aromatic rings. The third-order valence-corrected chi connectivity index (χ3v) is 3.71. The molecule has 0 bridgehead atoms. The van der Waals surface area contributed by atoms with Gasteiger partial charge < -0.3 is 5.73 Å². The lowest BCUT2D eigenvalue weighted by atomic mass is 10.2. The van der Waals surface area contributed by atoms with Crippen molar-refractivity contribution in [1.82, 2.24) is 4.98 Å². The van der Waals surface area contributed by atoms with Crippen LogP contribution in [0, 0.1) is 11.3 Å². The second-order valence-corrected chi connectivity index (χ2v) is 5.31. The van der Waals surface area contributed by atoms with Crippen LogP contribution in [0.4, 0.5) is 0 Å². The maximum Gasteiger partial charge on any atom is 0.141 e. The zero-order valence-electron chi connectivity index (χ0n) is 9.32. The average Bonchev–Trinajstić information content (AvgIpc) is 2.18. The fourth-order valence-electron chi connectivity index (χ4n) is 0.982. The maximum atomic E-state index is 7.31. The van der Waals surface area contributed by atoms with Crippen molar-refractivity contribution in [3.63, 3.8) is 0 Å². The first-order chi connectivity index (χ1) is 7.00. The molecule has 0 saturated carbocycles. The van der Waals surface area contributed by atoms with Gasteiger partial charge in [0.05, 0.1) is 0 Å². The second-order valence-electron chi connectivity index (χ2n) is 3.86. The van der Waals surface area contributed by atoms with Crippen molar-refractivity contribution in [1.29, 1.82) is 5.41 Å². The molecule has 0 radical (unpaired) electrons. The molecule has 0 spiro atoms. The summed E-state index contributed by atoms with van der Waals surface area (Å²) in [6.45, 7) is 6.60. The summed E-state index contributed by atoms with van der Waals surface area (Å²) in [6, 6.07) is 3.82. The summed E-state index contributed by atoms with van der Waals surface area (Å²) in [5.41, 5.74) is 5.94. The van der Waals surface area contributed by atoms with E-state index in [-0.39, 0.29) is 5.84 Å². The van der Waals surface area contributed by atoms with Crippen molar-refractivity contribution in [2.24, 2.45) is 11.7 Å². The Balaban J connectivity index is 2.78. The molecule has 0 aliphatic carbocycles. The lowest BCUT2D eigenvalue weighted by molar-refractivity contribution is 0.642. The minimum absolute atomic E-state index is 0.0228. The number of nitrogen functional groups attached to an aromatic ring is 1. The van der Waals surface area contributed by atoms with E-state index in [2.05, 4.69) is 25.8 Å². The highest BCUT2D eigenvalue weighted by atomic mass is 32.2. The molecule has 3 nitrogen and oxygen atoms in total. The molecule has 1 unspecified atom stereocenters. The number of nitrogens with two attached hydrogens (primary N) is 1. The smallest absolute Gasteiger partial charge is 0.141 e. The lowest BCUT2D eigenvalue weighted by Gasteiger charge is -2.14. The van der Waals surface area contributed by atoms with Crippen LogP contribution in [0.25, 0.3) is 0 Å². The standard InChI is InChI=1S/C11H17N3S/c1-7(2)8(3)15-9-4-5-14-10(6-9)11(12)13/h4-8H,1-3H3,(H3,12,13). The highest BCUT2D eigenvalue weighted by Gasteiger charge is 2.09. The topological polar surface area (TPSA) is 62.8 Å². The van der Waals surface area contributed by atoms with Crippen LogP contribution < -0.4 is 5.73 Å². The molecule has 1 rings (SSSR count). The molecular weight excluding hydrogens is 206 g/mol. The summed E-state index contributed by atoms with van der Waals surface area (Å²) in [4.78, 5) is 5.15. The van der Waals surface area contributed by atoms with Gasteiger partial charge in [0, 0.05) is 16.3 Å². The SMILES string of the molecule is CC(C)C(C)Sc1ccnc(C(=N)N)c1. The predicted octanol–water partition coefficient (Wildman–Crippen LogP) is 2.50. The summed E-state index contributed by atoms with van der Waals surface area (Å²) in [7, 11) is 0. The van der Waals surface area contributed by atoms with E-state index >= 15 is 0 Å². The third kappa shape index (κ3) is 3.55. The number of hydrogen-bond acceptors (Lipinski definition) is 3. The molecule has 0 aliphatic rings. The van der Waals surface area contributed by atoms with Crippen LogP contribution >= 0.6 is 11.8 Å². The molecule has 0 aliphatic heterocycles. The van der Waals surface area contributed by atoms with Gasteiger partial charge in [0.2, 0.25) is 0 Å². The summed E-state index contributed by atoms with van der Waals surface area (Å²) < 4.78 is 0. The second kappa shape index (κ2) is 5.16. The average molecular weight is 223 g/mol. The van der Waals surface area contributed by atoms with Crippen molar-refractivity contribution in [3.05, 3.63) is 24.0 Å². The van der Waals surface area contributed by atoms with E-state index in [9.17, 15) is 0 Å². The number of aromatic nitrogens is 1. The van der Waals surface area contributed by atoms with Crippen LogP contribution in [-0.4, -0.2) is 16.1 Å². The van der Waals surface area contributed by atoms with E-state index in [0.29, 0.717) is 16.9 Å². The number of hydrogen-bond donors (Lipinski definition) is 2. The van der Waals surface area contributed by atoms with Crippen LogP contribution in [0.1, 0.15) is 26.5 Å². The van der Waals surface area contributed by atoms with Gasteiger partial charge in [-0.3, -0.25) is 10.4 Å². The van der Waals surface area contributed by atoms with Crippen molar-refractivity contribution in [3.8, 4) is 0 Å². The minimum atomic E-state index is 0.0228. The number of pyridine rings is 1. The molecule has 1 aromatic heterocycles. The van der Waals surface area contributed by atoms with Gasteiger partial charge in [-0.1, -0.05) is 20.8 Å². The van der Waals surface area contributed by atoms with E-state index in [1.165, 1.54) is 0 Å². The highest BCUT2D eigenvalue weighted by Crippen LogP contribution is 2.27. The van der Waals surface area contributed by atoms with Crippen molar-refractivity contribution >= 4 is 17.6 Å². The van der Waals surface area contributed by atoms with Crippen molar-refractivity contribution < 1.29 is 0 Å². The van der Waals surface area contributed by atoms with Gasteiger partial charge in [-0.15, -0.1) is 11.8 Å². The molecule has 82 valence electrons. The minimum Gasteiger partial charge on any atom is -0.382 e. The molecule has 0 amide bonds. The van der Waals surface area contributed by atoms with Crippen molar-refractivity contribution in [2.75, 3.05) is 0 Å². The van der Waals surface area contributed by atoms with Crippen LogP contribution in [0.15, 0.2) is 23.2 Å². The van der Waals surface area contributed by atoms with Gasteiger partial charge in [0.25, 0.3) is 0 Å². The number of nitrogens with zero attached hydrogens (tertiary/aromatic N) is 1. The summed E-state index contributed by atoms with van der Waals surface area (Å²) >= 11 is 1.79. The molecule has 1 heterocycles. The Morgan fingerprint density at radius 2 is 2.13 bits per heavy atom. The first kappa shape index (κ1) is 12.0. The van der Waals surface area contributed by atoms with Gasteiger partial charge >= 0.3 is 0 Å². The molecule has 15 heavy (non-hydrogen) atoms. The van der Waals surface area contributed by atoms with E-state index in [1.807, 2.05) is 12.1 Å². The van der Waals surface area contributed by atoms with Gasteiger partial charge in [-0.25, -0.2) is 0 Å². The Morgan fingerprint density at radius 3 is 2.67 bits per heavy atom. The van der Waals surface area contributed by atoms with Gasteiger partial charge in [-0.05, 0) is 18.1 Å². The van der Waals surface area contributed by atoms with Gasteiger partial charge in [0.15, 0.2) is 0 Å². The van der Waals surface area contributed by atoms with Crippen LogP contribution in [0.3, 0.4) is 0 Å². The van der Waals surface area contributed by atoms with Crippen LogP contribution in [-0.2, 0) is 0 Å². The van der Waals surface area contributed by atoms with E-state index < -0.39 is 0 Å². The first-order valence-electron chi connectivity index (χ1n) is 4.98. The molecular formula is C11H17N3S. The maximum absolute atomic E-state index is 7.31. The van der Waals surface area contributed by atoms with E-state index in [4.69, 9.17) is 11.1 Å². The lowest BCUT2D eigenvalue weighted by Crippen LogP contribution is -2.13. The van der Waals surface area contributed by atoms with E-state index in [1.54, 1.807) is 18.0 Å². The zero-order valence-corrected chi connectivity index (χ0v) is 10.1. The summed E-state index contributed by atoms with van der Waals surface area (Å²) in [6.07, 6.45) is 1.70. The zero-order chi connectivity index (χ0) is 11.4. The van der Waals surface area contributed by atoms with Crippen LogP contribution in [0.2, 0.25) is 0 Å². The molecule has 0 fully saturated rings. The quantitative estimate of drug-likeness (QED) is 0.468. The molecule has 3 N–H and O–H groups in total. The van der Waals surface area contributed by atoms with E-state index in [0.717, 1.165) is 4.90 Å². The molecule has 4 heteroatoms. The fourth-order valence-corrected chi connectivity index (χ4v) is 2.00. The molecule has 1 atom stereocenters. The highest BCUT2D eigenvalue weighted by molar-refractivity contribution is 8.00. The Hall–Kier alpha value is -1.03. The summed E-state index contributed by atoms with van der Waals surface area (Å²) in [5, 5.41) is 7.85. The van der Waals surface area contributed by atoms with Gasteiger partial charge in [-0.2, -0.15) is 0 Å². The monoisotopic (exact) mass is 223 g/mol. The molecule has 0 aromatic carbocycles. The van der Waals surface area contributed by atoms with Crippen molar-refractivity contribution in [2.45, 2.75) is 30.9 Å². The normalized spacial score (nSPS) is 12.8. The number of thioether (sulfide) groups is 1. The third-order valence-electron chi connectivity index (χ3n) is 2.27. The number of nitrogens with one attached hydrogen (secondary N) is 1. The molecule has 0 saturated heterocycles.